The van der Waals surface area contributed by atoms with Crippen molar-refractivity contribution in [2.24, 2.45) is 5.92 Å². The van der Waals surface area contributed by atoms with Crippen molar-refractivity contribution < 1.29 is 17.1 Å². The van der Waals surface area contributed by atoms with Crippen molar-refractivity contribution in [1.82, 2.24) is 14.8 Å². The Morgan fingerprint density at radius 2 is 1.97 bits per heavy atom. The molecule has 2 amide bonds. The van der Waals surface area contributed by atoms with Crippen LogP contribution in [-0.2, 0) is 11.3 Å². The fourth-order valence-electron chi connectivity index (χ4n) is 3.93. The number of rotatable bonds is 7. The molecule has 1 saturated heterocycles. The molecule has 170 valence electrons. The SMILES string of the molecule is [2H]C([2H])(c1ccc(OC)cc1)n1c(C(=O)N2CCC(C(=O)NCCC)CC2)cc2sc(Br)cc21. The molecule has 0 radical (unpaired) electrons. The molecule has 0 saturated carbocycles. The number of likely N-dealkylation sites (tertiary alicyclic amines) is 1. The number of amides is 2. The van der Waals surface area contributed by atoms with Gasteiger partial charge in [-0.05, 0) is 65.0 Å². The van der Waals surface area contributed by atoms with Crippen molar-refractivity contribution >= 4 is 49.3 Å². The number of benzene rings is 1. The second kappa shape index (κ2) is 10.1. The maximum absolute atomic E-state index is 13.6. The summed E-state index contributed by atoms with van der Waals surface area (Å²) in [5, 5.41) is 2.94. The maximum atomic E-state index is 13.6. The molecule has 3 aromatic rings. The quantitative estimate of drug-likeness (QED) is 0.482. The highest BCUT2D eigenvalue weighted by atomic mass is 79.9. The Kier molecular flexibility index (Phi) is 6.40. The molecular weight excluding hydrogens is 490 g/mol. The molecule has 0 spiro atoms. The standard InChI is InChI=1S/C24H28BrN3O3S/c1-3-10-26-23(29)17-8-11-27(12-9-17)24(30)20-13-21-19(14-22(25)32-21)28(20)15-16-4-6-18(31-2)7-5-16/h4-7,13-14,17H,3,8-12,15H2,1-2H3,(H,26,29)/i15D2. The van der Waals surface area contributed by atoms with Crippen LogP contribution in [0.3, 0.4) is 0 Å². The fourth-order valence-corrected chi connectivity index (χ4v) is 5.48. The lowest BCUT2D eigenvalue weighted by molar-refractivity contribution is -0.126. The third-order valence-electron chi connectivity index (χ3n) is 5.71. The van der Waals surface area contributed by atoms with Crippen LogP contribution in [0.1, 0.15) is 45.0 Å². The van der Waals surface area contributed by atoms with E-state index in [0.29, 0.717) is 55.0 Å². The first-order chi connectivity index (χ1) is 16.3. The highest BCUT2D eigenvalue weighted by molar-refractivity contribution is 9.11. The van der Waals surface area contributed by atoms with E-state index in [2.05, 4.69) is 21.2 Å². The monoisotopic (exact) mass is 519 g/mol. The molecule has 32 heavy (non-hydrogen) atoms. The Morgan fingerprint density at radius 1 is 1.25 bits per heavy atom. The number of halogens is 1. The summed E-state index contributed by atoms with van der Waals surface area (Å²) in [6, 6.07) is 10.4. The smallest absolute Gasteiger partial charge is 0.270 e. The maximum Gasteiger partial charge on any atom is 0.270 e. The number of nitrogens with one attached hydrogen (secondary N) is 1. The van der Waals surface area contributed by atoms with Gasteiger partial charge in [0.2, 0.25) is 5.91 Å². The van der Waals surface area contributed by atoms with Gasteiger partial charge in [0.05, 0.1) is 23.9 Å². The first-order valence-electron chi connectivity index (χ1n) is 11.8. The molecule has 0 bridgehead atoms. The molecule has 2 aromatic heterocycles. The summed E-state index contributed by atoms with van der Waals surface area (Å²) in [4.78, 5) is 27.7. The van der Waals surface area contributed by atoms with Crippen molar-refractivity contribution in [2.75, 3.05) is 26.7 Å². The molecular formula is C24H28BrN3O3S. The summed E-state index contributed by atoms with van der Waals surface area (Å²) in [7, 11) is 1.56. The molecule has 8 heteroatoms. The van der Waals surface area contributed by atoms with E-state index in [1.54, 1.807) is 42.3 Å². The zero-order valence-corrected chi connectivity index (χ0v) is 20.6. The van der Waals surface area contributed by atoms with E-state index < -0.39 is 6.50 Å². The first-order valence-corrected chi connectivity index (χ1v) is 12.4. The third-order valence-corrected chi connectivity index (χ3v) is 7.29. The second-order valence-electron chi connectivity index (χ2n) is 7.86. The van der Waals surface area contributed by atoms with E-state index in [1.807, 2.05) is 13.0 Å². The number of methoxy groups -OCH3 is 1. The summed E-state index contributed by atoms with van der Waals surface area (Å²) in [6.07, 6.45) is 2.10. The summed E-state index contributed by atoms with van der Waals surface area (Å²) < 4.78 is 26.4. The van der Waals surface area contributed by atoms with Crippen LogP contribution in [-0.4, -0.2) is 48.0 Å². The zero-order valence-electron chi connectivity index (χ0n) is 20.2. The van der Waals surface area contributed by atoms with E-state index in [4.69, 9.17) is 7.48 Å². The lowest BCUT2D eigenvalue weighted by Crippen LogP contribution is -2.43. The number of fused-ring (bicyclic) bond motifs is 1. The molecule has 0 aliphatic carbocycles. The van der Waals surface area contributed by atoms with Crippen molar-refractivity contribution in [3.63, 3.8) is 0 Å². The minimum Gasteiger partial charge on any atom is -0.497 e. The van der Waals surface area contributed by atoms with E-state index in [0.717, 1.165) is 14.9 Å². The Labute approximate surface area is 203 Å². The van der Waals surface area contributed by atoms with Crippen LogP contribution in [0.5, 0.6) is 5.75 Å². The molecule has 1 aliphatic heterocycles. The number of hydrogen-bond donors (Lipinski definition) is 1. The first kappa shape index (κ1) is 20.3. The van der Waals surface area contributed by atoms with Gasteiger partial charge < -0.3 is 19.5 Å². The lowest BCUT2D eigenvalue weighted by atomic mass is 9.95. The van der Waals surface area contributed by atoms with Gasteiger partial charge in [-0.1, -0.05) is 19.1 Å². The van der Waals surface area contributed by atoms with Crippen LogP contribution in [0.25, 0.3) is 10.2 Å². The minimum atomic E-state index is -1.96. The molecule has 1 fully saturated rings. The number of thiophene rings is 1. The molecule has 0 unspecified atom stereocenters. The highest BCUT2D eigenvalue weighted by Crippen LogP contribution is 2.34. The van der Waals surface area contributed by atoms with E-state index in [9.17, 15) is 9.59 Å². The van der Waals surface area contributed by atoms with Gasteiger partial charge in [0, 0.05) is 32.0 Å². The largest absolute Gasteiger partial charge is 0.497 e. The average molecular weight is 520 g/mol. The number of aromatic nitrogens is 1. The molecule has 6 nitrogen and oxygen atoms in total. The van der Waals surface area contributed by atoms with Gasteiger partial charge in [-0.15, -0.1) is 11.3 Å². The fraction of sp³-hybridized carbons (Fsp3) is 0.417. The summed E-state index contributed by atoms with van der Waals surface area (Å²) >= 11 is 4.95. The van der Waals surface area contributed by atoms with Gasteiger partial charge in [-0.3, -0.25) is 9.59 Å². The topological polar surface area (TPSA) is 63.6 Å². The van der Waals surface area contributed by atoms with Crippen molar-refractivity contribution in [2.45, 2.75) is 32.7 Å². The Morgan fingerprint density at radius 3 is 2.62 bits per heavy atom. The van der Waals surface area contributed by atoms with Gasteiger partial charge in [-0.2, -0.15) is 0 Å². The van der Waals surface area contributed by atoms with Gasteiger partial charge in [0.1, 0.15) is 11.4 Å². The molecule has 4 rings (SSSR count). The third kappa shape index (κ3) is 4.86. The van der Waals surface area contributed by atoms with Crippen LogP contribution < -0.4 is 10.1 Å². The second-order valence-corrected chi connectivity index (χ2v) is 10.3. The zero-order chi connectivity index (χ0) is 24.5. The number of carbonyl (C=O) groups excluding carboxylic acids is 2. The van der Waals surface area contributed by atoms with Crippen LogP contribution in [0.2, 0.25) is 0 Å². The van der Waals surface area contributed by atoms with E-state index in [-0.39, 0.29) is 17.7 Å². The molecule has 3 heterocycles. The summed E-state index contributed by atoms with van der Waals surface area (Å²) in [5.74, 6) is 0.382. The van der Waals surface area contributed by atoms with Crippen molar-refractivity contribution in [3.05, 3.63) is 51.4 Å². The molecule has 0 atom stereocenters. The average Bonchev–Trinajstić information content (AvgIpc) is 3.38. The predicted octanol–water partition coefficient (Wildman–Crippen LogP) is 4.90. The predicted molar refractivity (Wildman–Crippen MR) is 132 cm³/mol. The van der Waals surface area contributed by atoms with Crippen LogP contribution in [0, 0.1) is 5.92 Å². The van der Waals surface area contributed by atoms with Crippen molar-refractivity contribution in [3.8, 4) is 5.75 Å². The molecule has 1 aliphatic rings. The number of hydrogen-bond acceptors (Lipinski definition) is 4. The Balaban J connectivity index is 1.63. The van der Waals surface area contributed by atoms with Crippen molar-refractivity contribution in [1.29, 1.82) is 0 Å². The van der Waals surface area contributed by atoms with Crippen LogP contribution >= 0.6 is 27.3 Å². The Hall–Kier alpha value is -2.32. The van der Waals surface area contributed by atoms with Crippen LogP contribution in [0.4, 0.5) is 0 Å². The number of nitrogens with zero attached hydrogens (tertiary/aromatic N) is 2. The summed E-state index contributed by atoms with van der Waals surface area (Å²) in [6.45, 7) is 1.66. The van der Waals surface area contributed by atoms with Gasteiger partial charge in [0.15, 0.2) is 0 Å². The lowest BCUT2D eigenvalue weighted by Gasteiger charge is -2.31. The number of ether oxygens (including phenoxy) is 1. The van der Waals surface area contributed by atoms with E-state index >= 15 is 0 Å². The normalized spacial score (nSPS) is 16.0. The van der Waals surface area contributed by atoms with Gasteiger partial charge in [0.25, 0.3) is 5.91 Å². The van der Waals surface area contributed by atoms with Gasteiger partial charge >= 0.3 is 0 Å². The van der Waals surface area contributed by atoms with Crippen LogP contribution in [0.15, 0.2) is 40.2 Å². The number of piperidine rings is 1. The summed E-state index contributed by atoms with van der Waals surface area (Å²) in [5.41, 5.74) is 1.40. The highest BCUT2D eigenvalue weighted by Gasteiger charge is 2.29. The number of carbonyl (C=O) groups is 2. The van der Waals surface area contributed by atoms with Gasteiger partial charge in [-0.25, -0.2) is 0 Å². The van der Waals surface area contributed by atoms with E-state index in [1.165, 1.54) is 15.9 Å². The minimum absolute atomic E-state index is 0.0542. The molecule has 1 aromatic carbocycles. The molecule has 1 N–H and O–H groups in total. The Bertz CT molecular complexity index is 1180.